The molecule has 0 aliphatic carbocycles. The number of nitrogens with zero attached hydrogens (tertiary/aromatic N) is 3. The van der Waals surface area contributed by atoms with E-state index >= 15 is 0 Å². The molecule has 0 fully saturated rings. The van der Waals surface area contributed by atoms with Crippen molar-refractivity contribution >= 4 is 11.6 Å². The van der Waals surface area contributed by atoms with Crippen LogP contribution in [0.5, 0.6) is 0 Å². The minimum absolute atomic E-state index is 0.126. The van der Waals surface area contributed by atoms with Crippen LogP contribution in [-0.4, -0.2) is 39.7 Å². The number of carbonyl (C=O) groups excluding carboxylic acids is 1. The Morgan fingerprint density at radius 1 is 1.40 bits per heavy atom. The lowest BCUT2D eigenvalue weighted by atomic mass is 10.2. The van der Waals surface area contributed by atoms with Crippen LogP contribution in [0.1, 0.15) is 28.3 Å². The number of aryl methyl sites for hydroxylation is 2. The van der Waals surface area contributed by atoms with E-state index in [1.165, 1.54) is 6.33 Å². The molecule has 7 heteroatoms. The first-order valence-electron chi connectivity index (χ1n) is 6.47. The van der Waals surface area contributed by atoms with Gasteiger partial charge in [-0.05, 0) is 19.4 Å². The van der Waals surface area contributed by atoms with Gasteiger partial charge >= 0.3 is 0 Å². The first kappa shape index (κ1) is 14.0. The summed E-state index contributed by atoms with van der Waals surface area (Å²) >= 11 is 0. The Morgan fingerprint density at radius 3 is 2.95 bits per heavy atom. The molecule has 2 rings (SSSR count). The van der Waals surface area contributed by atoms with Crippen molar-refractivity contribution in [2.45, 2.75) is 19.8 Å². The van der Waals surface area contributed by atoms with E-state index in [1.54, 1.807) is 13.2 Å². The maximum atomic E-state index is 12.1. The highest BCUT2D eigenvalue weighted by Gasteiger charge is 2.11. The smallest absolute Gasteiger partial charge is 0.254 e. The predicted molar refractivity (Wildman–Crippen MR) is 75.6 cm³/mol. The zero-order valence-corrected chi connectivity index (χ0v) is 11.6. The molecule has 0 radical (unpaired) electrons. The van der Waals surface area contributed by atoms with Crippen LogP contribution in [0.4, 0.5) is 5.69 Å². The number of aromatic nitrogens is 4. The van der Waals surface area contributed by atoms with E-state index in [1.807, 2.05) is 13.0 Å². The Bertz CT molecular complexity index is 566. The molecule has 0 atom stereocenters. The van der Waals surface area contributed by atoms with Gasteiger partial charge in [0.15, 0.2) is 0 Å². The fraction of sp³-hybridized carbons (Fsp3) is 0.385. The molecule has 7 nitrogen and oxygen atoms in total. The summed E-state index contributed by atoms with van der Waals surface area (Å²) in [6.07, 6.45) is 4.62. The fourth-order valence-electron chi connectivity index (χ4n) is 1.85. The van der Waals surface area contributed by atoms with Gasteiger partial charge in [-0.2, -0.15) is 5.10 Å². The highest BCUT2D eigenvalue weighted by molar-refractivity contribution is 5.99. The molecular weight excluding hydrogens is 256 g/mol. The summed E-state index contributed by atoms with van der Waals surface area (Å²) in [5.74, 6) is 0.701. The van der Waals surface area contributed by atoms with E-state index in [0.29, 0.717) is 12.1 Å². The largest absolute Gasteiger partial charge is 0.387 e. The van der Waals surface area contributed by atoms with E-state index in [2.05, 4.69) is 30.8 Å². The van der Waals surface area contributed by atoms with Crippen molar-refractivity contribution in [2.75, 3.05) is 18.9 Å². The molecule has 2 aromatic heterocycles. The summed E-state index contributed by atoms with van der Waals surface area (Å²) in [4.78, 5) is 20.3. The highest BCUT2D eigenvalue weighted by Crippen LogP contribution is 2.14. The maximum absolute atomic E-state index is 12.1. The standard InChI is InChI=1S/C13H18N6O/c1-9-6-11(14-2)10(7-16-9)13(20)15-5-3-4-12-17-8-18-19-12/h6-8H,3-5H2,1-2H3,(H,14,16)(H,15,20)(H,17,18,19). The van der Waals surface area contributed by atoms with E-state index in [9.17, 15) is 4.79 Å². The van der Waals surface area contributed by atoms with Crippen molar-refractivity contribution in [3.05, 3.63) is 35.7 Å². The van der Waals surface area contributed by atoms with E-state index in [-0.39, 0.29) is 5.91 Å². The zero-order chi connectivity index (χ0) is 14.4. The van der Waals surface area contributed by atoms with Crippen LogP contribution >= 0.6 is 0 Å². The number of nitrogens with one attached hydrogen (secondary N) is 3. The fourth-order valence-corrected chi connectivity index (χ4v) is 1.85. The van der Waals surface area contributed by atoms with Crippen LogP contribution in [0.2, 0.25) is 0 Å². The Labute approximate surface area is 117 Å². The van der Waals surface area contributed by atoms with Gasteiger partial charge in [-0.25, -0.2) is 4.98 Å². The van der Waals surface area contributed by atoms with Gasteiger partial charge < -0.3 is 10.6 Å². The summed E-state index contributed by atoms with van der Waals surface area (Å²) in [6, 6.07) is 1.85. The summed E-state index contributed by atoms with van der Waals surface area (Å²) in [7, 11) is 1.79. The minimum Gasteiger partial charge on any atom is -0.387 e. The quantitative estimate of drug-likeness (QED) is 0.681. The molecule has 0 bridgehead atoms. The van der Waals surface area contributed by atoms with Crippen molar-refractivity contribution in [1.82, 2.24) is 25.5 Å². The summed E-state index contributed by atoms with van der Waals surface area (Å²) in [6.45, 7) is 2.47. The third kappa shape index (κ3) is 3.53. The van der Waals surface area contributed by atoms with E-state index < -0.39 is 0 Å². The Hall–Kier alpha value is -2.44. The molecule has 0 saturated heterocycles. The number of carbonyl (C=O) groups is 1. The summed E-state index contributed by atoms with van der Waals surface area (Å²) in [5, 5.41) is 12.4. The molecule has 1 amide bonds. The number of rotatable bonds is 6. The molecule has 0 aliphatic rings. The minimum atomic E-state index is -0.126. The first-order valence-corrected chi connectivity index (χ1v) is 6.47. The molecule has 20 heavy (non-hydrogen) atoms. The second-order valence-electron chi connectivity index (χ2n) is 4.41. The average molecular weight is 274 g/mol. The normalized spacial score (nSPS) is 10.3. The van der Waals surface area contributed by atoms with Gasteiger partial charge in [-0.3, -0.25) is 14.9 Å². The molecule has 0 spiro atoms. The zero-order valence-electron chi connectivity index (χ0n) is 11.6. The van der Waals surface area contributed by atoms with Gasteiger partial charge in [0.25, 0.3) is 5.91 Å². The van der Waals surface area contributed by atoms with Crippen LogP contribution in [0, 0.1) is 6.92 Å². The van der Waals surface area contributed by atoms with Crippen LogP contribution in [0.25, 0.3) is 0 Å². The summed E-state index contributed by atoms with van der Waals surface area (Å²) in [5.41, 5.74) is 2.21. The summed E-state index contributed by atoms with van der Waals surface area (Å²) < 4.78 is 0. The van der Waals surface area contributed by atoms with Crippen molar-refractivity contribution in [2.24, 2.45) is 0 Å². The van der Waals surface area contributed by atoms with Gasteiger partial charge in [-0.15, -0.1) is 0 Å². The number of amides is 1. The first-order chi connectivity index (χ1) is 9.70. The van der Waals surface area contributed by atoms with Gasteiger partial charge in [-0.1, -0.05) is 0 Å². The van der Waals surface area contributed by atoms with E-state index in [4.69, 9.17) is 0 Å². The van der Waals surface area contributed by atoms with Crippen LogP contribution < -0.4 is 10.6 Å². The number of anilines is 1. The highest BCUT2D eigenvalue weighted by atomic mass is 16.1. The number of pyridine rings is 1. The molecule has 0 aliphatic heterocycles. The maximum Gasteiger partial charge on any atom is 0.254 e. The number of aromatic amines is 1. The Balaban J connectivity index is 1.85. The topological polar surface area (TPSA) is 95.6 Å². The molecule has 106 valence electrons. The predicted octanol–water partition coefficient (Wildman–Crippen LogP) is 0.912. The average Bonchev–Trinajstić information content (AvgIpc) is 2.96. The van der Waals surface area contributed by atoms with Crippen molar-refractivity contribution < 1.29 is 4.79 Å². The van der Waals surface area contributed by atoms with E-state index in [0.717, 1.165) is 30.0 Å². The molecule has 0 unspecified atom stereocenters. The van der Waals surface area contributed by atoms with Gasteiger partial charge in [0.2, 0.25) is 0 Å². The Morgan fingerprint density at radius 2 is 2.25 bits per heavy atom. The third-order valence-corrected chi connectivity index (χ3v) is 2.90. The van der Waals surface area contributed by atoms with Gasteiger partial charge in [0.1, 0.15) is 12.2 Å². The molecule has 0 aromatic carbocycles. The number of hydrogen-bond donors (Lipinski definition) is 3. The van der Waals surface area contributed by atoms with Crippen molar-refractivity contribution in [3.63, 3.8) is 0 Å². The molecular formula is C13H18N6O. The van der Waals surface area contributed by atoms with Crippen LogP contribution in [0.3, 0.4) is 0 Å². The number of H-pyrrole nitrogens is 1. The monoisotopic (exact) mass is 274 g/mol. The van der Waals surface area contributed by atoms with Gasteiger partial charge in [0, 0.05) is 31.9 Å². The van der Waals surface area contributed by atoms with Crippen molar-refractivity contribution in [1.29, 1.82) is 0 Å². The SMILES string of the molecule is CNc1cc(C)ncc1C(=O)NCCCc1ncn[nH]1. The van der Waals surface area contributed by atoms with Gasteiger partial charge in [0.05, 0.1) is 11.3 Å². The Kier molecular flexibility index (Phi) is 4.65. The molecule has 2 heterocycles. The van der Waals surface area contributed by atoms with Crippen LogP contribution in [-0.2, 0) is 6.42 Å². The lowest BCUT2D eigenvalue weighted by Crippen LogP contribution is -2.26. The lowest BCUT2D eigenvalue weighted by Gasteiger charge is -2.09. The molecule has 0 saturated carbocycles. The third-order valence-electron chi connectivity index (χ3n) is 2.90. The lowest BCUT2D eigenvalue weighted by molar-refractivity contribution is 0.0953. The second-order valence-corrected chi connectivity index (χ2v) is 4.41. The molecule has 3 N–H and O–H groups in total. The molecule has 2 aromatic rings. The number of hydrogen-bond acceptors (Lipinski definition) is 5. The van der Waals surface area contributed by atoms with Crippen LogP contribution in [0.15, 0.2) is 18.6 Å². The van der Waals surface area contributed by atoms with Crippen molar-refractivity contribution in [3.8, 4) is 0 Å². The second kappa shape index (κ2) is 6.65.